The molecule has 11 heteroatoms. The SMILES string of the molecule is Nc1cc(F)c(S(=O)(=O)Nc2c(Cl)ncnc2Cl)c(F)c1. The van der Waals surface area contributed by atoms with E-state index in [1.165, 1.54) is 0 Å². The Balaban J connectivity index is 2.54. The van der Waals surface area contributed by atoms with Gasteiger partial charge in [-0.2, -0.15) is 0 Å². The number of hydrogen-bond donors (Lipinski definition) is 2. The van der Waals surface area contributed by atoms with E-state index in [0.717, 1.165) is 6.33 Å². The molecule has 112 valence electrons. The number of nitrogens with two attached hydrogens (primary N) is 1. The van der Waals surface area contributed by atoms with Gasteiger partial charge >= 0.3 is 0 Å². The van der Waals surface area contributed by atoms with Crippen LogP contribution in [0.25, 0.3) is 0 Å². The summed E-state index contributed by atoms with van der Waals surface area (Å²) in [6.45, 7) is 0. The zero-order valence-corrected chi connectivity index (χ0v) is 12.3. The van der Waals surface area contributed by atoms with E-state index in [1.54, 1.807) is 0 Å². The number of rotatable bonds is 3. The van der Waals surface area contributed by atoms with Crippen LogP contribution in [0.3, 0.4) is 0 Å². The van der Waals surface area contributed by atoms with Gasteiger partial charge in [0.15, 0.2) is 15.2 Å². The molecule has 6 nitrogen and oxygen atoms in total. The summed E-state index contributed by atoms with van der Waals surface area (Å²) in [5.74, 6) is -2.71. The summed E-state index contributed by atoms with van der Waals surface area (Å²) in [6.07, 6.45) is 0.993. The van der Waals surface area contributed by atoms with Crippen molar-refractivity contribution in [3.05, 3.63) is 40.4 Å². The Hall–Kier alpha value is -1.71. The van der Waals surface area contributed by atoms with E-state index in [4.69, 9.17) is 28.9 Å². The van der Waals surface area contributed by atoms with Gasteiger partial charge in [-0.1, -0.05) is 23.2 Å². The molecular formula is C10H6Cl2F2N4O2S. The Bertz CT molecular complexity index is 773. The monoisotopic (exact) mass is 354 g/mol. The first-order chi connectivity index (χ1) is 9.72. The second-order valence-electron chi connectivity index (χ2n) is 3.75. The summed E-state index contributed by atoms with van der Waals surface area (Å²) in [5.41, 5.74) is 4.56. The van der Waals surface area contributed by atoms with Gasteiger partial charge in [-0.15, -0.1) is 0 Å². The molecule has 0 bridgehead atoms. The van der Waals surface area contributed by atoms with Crippen molar-refractivity contribution in [1.29, 1.82) is 0 Å². The number of anilines is 2. The minimum absolute atomic E-state index is 0.261. The third-order valence-corrected chi connectivity index (χ3v) is 4.25. The van der Waals surface area contributed by atoms with Gasteiger partial charge in [0.25, 0.3) is 10.0 Å². The summed E-state index contributed by atoms with van der Waals surface area (Å²) in [4.78, 5) is 5.81. The minimum atomic E-state index is -4.64. The summed E-state index contributed by atoms with van der Waals surface area (Å²) >= 11 is 11.3. The lowest BCUT2D eigenvalue weighted by molar-refractivity contribution is 0.522. The predicted octanol–water partition coefficient (Wildman–Crippen LogP) is 2.44. The van der Waals surface area contributed by atoms with Gasteiger partial charge in [-0.25, -0.2) is 27.2 Å². The van der Waals surface area contributed by atoms with Gasteiger partial charge in [0.1, 0.15) is 23.6 Å². The highest BCUT2D eigenvalue weighted by Gasteiger charge is 2.26. The molecule has 2 aromatic rings. The molecule has 0 aliphatic carbocycles. The molecule has 0 spiro atoms. The van der Waals surface area contributed by atoms with Crippen LogP contribution in [-0.4, -0.2) is 18.4 Å². The molecule has 0 saturated carbocycles. The molecule has 2 rings (SSSR count). The number of halogens is 4. The van der Waals surface area contributed by atoms with Crippen molar-refractivity contribution >= 4 is 44.6 Å². The Labute approximate surface area is 128 Å². The average Bonchev–Trinajstić information content (AvgIpc) is 2.32. The topological polar surface area (TPSA) is 98.0 Å². The molecule has 0 unspecified atom stereocenters. The molecule has 0 fully saturated rings. The van der Waals surface area contributed by atoms with Crippen molar-refractivity contribution in [1.82, 2.24) is 9.97 Å². The highest BCUT2D eigenvalue weighted by Crippen LogP contribution is 2.30. The van der Waals surface area contributed by atoms with Crippen LogP contribution in [0.4, 0.5) is 20.2 Å². The van der Waals surface area contributed by atoms with Crippen LogP contribution < -0.4 is 10.5 Å². The van der Waals surface area contributed by atoms with Crippen LogP contribution in [0.5, 0.6) is 0 Å². The summed E-state index contributed by atoms with van der Waals surface area (Å²) in [5, 5.41) is -0.648. The van der Waals surface area contributed by atoms with E-state index in [1.807, 2.05) is 4.72 Å². The molecular weight excluding hydrogens is 349 g/mol. The highest BCUT2D eigenvalue weighted by molar-refractivity contribution is 7.92. The second-order valence-corrected chi connectivity index (χ2v) is 6.08. The molecule has 0 aliphatic heterocycles. The minimum Gasteiger partial charge on any atom is -0.399 e. The maximum atomic E-state index is 13.7. The van der Waals surface area contributed by atoms with Crippen LogP contribution in [0.2, 0.25) is 10.3 Å². The molecule has 0 amide bonds. The summed E-state index contributed by atoms with van der Waals surface area (Å²) in [6, 6.07) is 1.34. The molecule has 0 atom stereocenters. The average molecular weight is 355 g/mol. The predicted molar refractivity (Wildman–Crippen MR) is 73.6 cm³/mol. The number of aromatic nitrogens is 2. The summed E-state index contributed by atoms with van der Waals surface area (Å²) in [7, 11) is -4.64. The van der Waals surface area contributed by atoms with Gasteiger partial charge in [-0.05, 0) is 12.1 Å². The van der Waals surface area contributed by atoms with E-state index in [-0.39, 0.29) is 16.0 Å². The van der Waals surface area contributed by atoms with Gasteiger partial charge in [-0.3, -0.25) is 4.72 Å². The maximum absolute atomic E-state index is 13.7. The normalized spacial score (nSPS) is 11.4. The Morgan fingerprint density at radius 2 is 1.57 bits per heavy atom. The van der Waals surface area contributed by atoms with Crippen LogP contribution >= 0.6 is 23.2 Å². The Morgan fingerprint density at radius 3 is 2.05 bits per heavy atom. The number of hydrogen-bond acceptors (Lipinski definition) is 5. The van der Waals surface area contributed by atoms with Crippen LogP contribution in [0.15, 0.2) is 23.4 Å². The lowest BCUT2D eigenvalue weighted by Crippen LogP contribution is -2.17. The fourth-order valence-corrected chi connectivity index (χ4v) is 3.17. The lowest BCUT2D eigenvalue weighted by Gasteiger charge is -2.11. The first-order valence-electron chi connectivity index (χ1n) is 5.15. The van der Waals surface area contributed by atoms with Gasteiger partial charge in [0, 0.05) is 5.69 Å². The molecule has 3 N–H and O–H groups in total. The van der Waals surface area contributed by atoms with Crippen molar-refractivity contribution in [3.63, 3.8) is 0 Å². The molecule has 1 aromatic carbocycles. The van der Waals surface area contributed by atoms with Gasteiger partial charge < -0.3 is 5.73 Å². The number of nitrogens with one attached hydrogen (secondary N) is 1. The molecule has 0 saturated heterocycles. The van der Waals surface area contributed by atoms with Gasteiger partial charge in [0.05, 0.1) is 0 Å². The van der Waals surface area contributed by atoms with E-state index >= 15 is 0 Å². The van der Waals surface area contributed by atoms with Crippen molar-refractivity contribution in [2.45, 2.75) is 4.90 Å². The third-order valence-electron chi connectivity index (χ3n) is 2.28. The first-order valence-corrected chi connectivity index (χ1v) is 7.39. The van der Waals surface area contributed by atoms with Crippen molar-refractivity contribution in [2.24, 2.45) is 0 Å². The Kier molecular flexibility index (Phi) is 4.17. The first kappa shape index (κ1) is 15.7. The zero-order chi connectivity index (χ0) is 15.8. The zero-order valence-electron chi connectivity index (χ0n) is 9.94. The maximum Gasteiger partial charge on any atom is 0.267 e. The summed E-state index contributed by atoms with van der Waals surface area (Å²) < 4.78 is 53.3. The third kappa shape index (κ3) is 3.14. The molecule has 21 heavy (non-hydrogen) atoms. The van der Waals surface area contributed by atoms with E-state index in [2.05, 4.69) is 9.97 Å². The quantitative estimate of drug-likeness (QED) is 0.651. The number of benzene rings is 1. The second kappa shape index (κ2) is 5.58. The van der Waals surface area contributed by atoms with Crippen LogP contribution in [0.1, 0.15) is 0 Å². The number of sulfonamides is 1. The number of nitrogen functional groups attached to an aromatic ring is 1. The molecule has 0 radical (unpaired) electrons. The fourth-order valence-electron chi connectivity index (χ4n) is 1.45. The molecule has 1 aromatic heterocycles. The molecule has 0 aliphatic rings. The largest absolute Gasteiger partial charge is 0.399 e. The fraction of sp³-hybridized carbons (Fsp3) is 0. The Morgan fingerprint density at radius 1 is 1.10 bits per heavy atom. The van der Waals surface area contributed by atoms with Crippen molar-refractivity contribution in [2.75, 3.05) is 10.5 Å². The van der Waals surface area contributed by atoms with Gasteiger partial charge in [0.2, 0.25) is 0 Å². The highest BCUT2D eigenvalue weighted by atomic mass is 35.5. The van der Waals surface area contributed by atoms with E-state index < -0.39 is 32.2 Å². The number of nitrogens with zero attached hydrogens (tertiary/aromatic N) is 2. The molecule has 1 heterocycles. The van der Waals surface area contributed by atoms with Crippen LogP contribution in [0, 0.1) is 11.6 Å². The van der Waals surface area contributed by atoms with Crippen molar-refractivity contribution in [3.8, 4) is 0 Å². The smallest absolute Gasteiger partial charge is 0.267 e. The standard InChI is InChI=1S/C10H6Cl2F2N4O2S/c11-9-7(10(12)17-3-16-9)18-21(19,20)8-5(13)1-4(15)2-6(8)14/h1-3,18H,15H2. The van der Waals surface area contributed by atoms with E-state index in [9.17, 15) is 17.2 Å². The lowest BCUT2D eigenvalue weighted by atomic mass is 10.3. The van der Waals surface area contributed by atoms with Crippen LogP contribution in [-0.2, 0) is 10.0 Å². The van der Waals surface area contributed by atoms with E-state index in [0.29, 0.717) is 12.1 Å². The van der Waals surface area contributed by atoms with Crippen molar-refractivity contribution < 1.29 is 17.2 Å².